The monoisotopic (exact) mass is 189 g/mol. The van der Waals surface area contributed by atoms with Gasteiger partial charge in [-0.2, -0.15) is 0 Å². The van der Waals surface area contributed by atoms with E-state index < -0.39 is 0 Å². The molecule has 2 saturated heterocycles. The van der Waals surface area contributed by atoms with Crippen LogP contribution in [0.25, 0.3) is 0 Å². The highest BCUT2D eigenvalue weighted by Gasteiger charge is 2.40. The first-order chi connectivity index (χ1) is 6.83. The van der Waals surface area contributed by atoms with Gasteiger partial charge in [0, 0.05) is 6.04 Å². The van der Waals surface area contributed by atoms with Gasteiger partial charge in [0.05, 0.1) is 0 Å². The summed E-state index contributed by atoms with van der Waals surface area (Å²) in [6.07, 6.45) is 2.74. The van der Waals surface area contributed by atoms with Gasteiger partial charge in [-0.25, -0.2) is 0 Å². The zero-order valence-corrected chi connectivity index (χ0v) is 8.11. The summed E-state index contributed by atoms with van der Waals surface area (Å²) in [5.41, 5.74) is 1.24. The molecule has 2 aliphatic heterocycles. The van der Waals surface area contributed by atoms with E-state index in [0.29, 0.717) is 11.8 Å². The van der Waals surface area contributed by atoms with Crippen molar-refractivity contribution in [2.75, 3.05) is 6.54 Å². The van der Waals surface area contributed by atoms with Crippen LogP contribution in [-0.4, -0.2) is 11.7 Å². The normalized spacial score (nSPS) is 35.0. The third-order valence-corrected chi connectivity index (χ3v) is 3.60. The lowest BCUT2D eigenvalue weighted by molar-refractivity contribution is 0.0830. The molecule has 4 rings (SSSR count). The number of phenolic OH excluding ortho intramolecular Hbond substituents is 1. The van der Waals surface area contributed by atoms with Gasteiger partial charge in [0.15, 0.2) is 0 Å². The van der Waals surface area contributed by atoms with Gasteiger partial charge < -0.3 is 10.4 Å². The first-order valence-corrected chi connectivity index (χ1v) is 5.35. The van der Waals surface area contributed by atoms with E-state index in [4.69, 9.17) is 0 Å². The Labute approximate surface area is 84.0 Å². The molecule has 1 aliphatic carbocycles. The number of hydrogen-bond donors (Lipinski definition) is 2. The van der Waals surface area contributed by atoms with Crippen molar-refractivity contribution in [3.05, 3.63) is 29.8 Å². The van der Waals surface area contributed by atoms with Crippen LogP contribution >= 0.6 is 0 Å². The highest BCUT2D eigenvalue weighted by atomic mass is 16.3. The Bertz CT molecular complexity index is 341. The lowest BCUT2D eigenvalue weighted by Gasteiger charge is -2.47. The summed E-state index contributed by atoms with van der Waals surface area (Å²) < 4.78 is 0. The summed E-state index contributed by atoms with van der Waals surface area (Å²) in [5, 5.41) is 13.0. The summed E-state index contributed by atoms with van der Waals surface area (Å²) >= 11 is 0. The molecular weight excluding hydrogens is 174 g/mol. The van der Waals surface area contributed by atoms with Crippen LogP contribution in [-0.2, 0) is 0 Å². The maximum absolute atomic E-state index is 9.42. The van der Waals surface area contributed by atoms with Crippen LogP contribution in [0.5, 0.6) is 5.75 Å². The molecule has 2 bridgehead atoms. The summed E-state index contributed by atoms with van der Waals surface area (Å²) in [7, 11) is 0. The Balaban J connectivity index is 1.87. The van der Waals surface area contributed by atoms with E-state index in [-0.39, 0.29) is 0 Å². The molecule has 74 valence electrons. The molecule has 14 heavy (non-hydrogen) atoms. The second kappa shape index (κ2) is 2.99. The van der Waals surface area contributed by atoms with Crippen molar-refractivity contribution in [1.82, 2.24) is 5.32 Å². The van der Waals surface area contributed by atoms with Crippen LogP contribution in [0.15, 0.2) is 24.3 Å². The van der Waals surface area contributed by atoms with Crippen LogP contribution in [0.2, 0.25) is 0 Å². The van der Waals surface area contributed by atoms with Crippen LogP contribution in [0.4, 0.5) is 0 Å². The molecule has 2 heteroatoms. The SMILES string of the molecule is Oc1cccc(C2NCC3CC2C3)c1. The van der Waals surface area contributed by atoms with Gasteiger partial charge in [-0.3, -0.25) is 0 Å². The van der Waals surface area contributed by atoms with Crippen LogP contribution < -0.4 is 5.32 Å². The molecule has 3 aliphatic rings. The number of phenols is 1. The zero-order valence-electron chi connectivity index (χ0n) is 8.11. The van der Waals surface area contributed by atoms with Crippen LogP contribution in [0, 0.1) is 11.8 Å². The molecule has 0 spiro atoms. The third kappa shape index (κ3) is 1.22. The molecular formula is C12H15NO. The zero-order chi connectivity index (χ0) is 9.54. The number of hydrogen-bond acceptors (Lipinski definition) is 2. The van der Waals surface area contributed by atoms with E-state index in [2.05, 4.69) is 11.4 Å². The Morgan fingerprint density at radius 1 is 1.29 bits per heavy atom. The van der Waals surface area contributed by atoms with E-state index in [0.717, 1.165) is 18.4 Å². The average Bonchev–Trinajstić information content (AvgIpc) is 2.17. The van der Waals surface area contributed by atoms with Crippen molar-refractivity contribution in [3.8, 4) is 5.75 Å². The summed E-state index contributed by atoms with van der Waals surface area (Å²) in [6.45, 7) is 1.15. The fourth-order valence-corrected chi connectivity index (χ4v) is 2.79. The minimum Gasteiger partial charge on any atom is -0.508 e. The fourth-order valence-electron chi connectivity index (χ4n) is 2.79. The quantitative estimate of drug-likeness (QED) is 0.708. The summed E-state index contributed by atoms with van der Waals surface area (Å²) in [4.78, 5) is 0. The van der Waals surface area contributed by atoms with Crippen LogP contribution in [0.3, 0.4) is 0 Å². The Hall–Kier alpha value is -1.02. The van der Waals surface area contributed by atoms with Gasteiger partial charge in [0.1, 0.15) is 5.75 Å². The number of aromatic hydroxyl groups is 1. The molecule has 2 N–H and O–H groups in total. The smallest absolute Gasteiger partial charge is 0.115 e. The predicted molar refractivity (Wildman–Crippen MR) is 55.1 cm³/mol. The standard InChI is InChI=1S/C12H15NO/c14-11-3-1-2-9(6-11)12-10-4-8(5-10)7-13-12/h1-3,6,8,10,12-14H,4-5,7H2. The second-order valence-electron chi connectivity index (χ2n) is 4.58. The van der Waals surface area contributed by atoms with Crippen molar-refractivity contribution in [2.24, 2.45) is 11.8 Å². The molecule has 3 fully saturated rings. The molecule has 2 nitrogen and oxygen atoms in total. The van der Waals surface area contributed by atoms with Crippen molar-refractivity contribution >= 4 is 0 Å². The Morgan fingerprint density at radius 2 is 2.14 bits per heavy atom. The predicted octanol–water partition coefficient (Wildman–Crippen LogP) is 2.06. The number of fused-ring (bicyclic) bond motifs is 2. The topological polar surface area (TPSA) is 32.3 Å². The lowest BCUT2D eigenvalue weighted by Crippen LogP contribution is -2.47. The lowest BCUT2D eigenvalue weighted by atomic mass is 9.66. The molecule has 0 radical (unpaired) electrons. The first-order valence-electron chi connectivity index (χ1n) is 5.35. The van der Waals surface area contributed by atoms with Crippen molar-refractivity contribution in [2.45, 2.75) is 18.9 Å². The molecule has 0 amide bonds. The second-order valence-corrected chi connectivity index (χ2v) is 4.58. The van der Waals surface area contributed by atoms with Gasteiger partial charge in [0.25, 0.3) is 0 Å². The van der Waals surface area contributed by atoms with Gasteiger partial charge in [-0.05, 0) is 48.9 Å². The van der Waals surface area contributed by atoms with E-state index in [1.54, 1.807) is 6.07 Å². The molecule has 1 saturated carbocycles. The van der Waals surface area contributed by atoms with E-state index in [9.17, 15) is 5.11 Å². The number of benzene rings is 1. The molecule has 1 atom stereocenters. The Morgan fingerprint density at radius 3 is 2.79 bits per heavy atom. The van der Waals surface area contributed by atoms with Crippen molar-refractivity contribution in [1.29, 1.82) is 0 Å². The molecule has 2 heterocycles. The number of rotatable bonds is 1. The molecule has 1 unspecified atom stereocenters. The fraction of sp³-hybridized carbons (Fsp3) is 0.500. The number of nitrogens with one attached hydrogen (secondary N) is 1. The van der Waals surface area contributed by atoms with Gasteiger partial charge in [-0.1, -0.05) is 12.1 Å². The minimum atomic E-state index is 0.380. The highest BCUT2D eigenvalue weighted by Crippen LogP contribution is 2.46. The maximum Gasteiger partial charge on any atom is 0.115 e. The molecule has 1 aromatic rings. The Kier molecular flexibility index (Phi) is 1.77. The first kappa shape index (κ1) is 8.30. The summed E-state index contributed by atoms with van der Waals surface area (Å²) in [6, 6.07) is 8.13. The maximum atomic E-state index is 9.42. The third-order valence-electron chi connectivity index (χ3n) is 3.60. The largest absolute Gasteiger partial charge is 0.508 e. The number of piperidine rings is 2. The molecule has 0 aromatic heterocycles. The van der Waals surface area contributed by atoms with E-state index >= 15 is 0 Å². The van der Waals surface area contributed by atoms with Gasteiger partial charge >= 0.3 is 0 Å². The van der Waals surface area contributed by atoms with Crippen LogP contribution in [0.1, 0.15) is 24.4 Å². The van der Waals surface area contributed by atoms with Gasteiger partial charge in [-0.15, -0.1) is 0 Å². The van der Waals surface area contributed by atoms with E-state index in [1.165, 1.54) is 18.4 Å². The molecule has 1 aromatic carbocycles. The van der Waals surface area contributed by atoms with E-state index in [1.807, 2.05) is 12.1 Å². The van der Waals surface area contributed by atoms with Gasteiger partial charge in [0.2, 0.25) is 0 Å². The average molecular weight is 189 g/mol. The summed E-state index contributed by atoms with van der Waals surface area (Å²) in [5.74, 6) is 2.11. The minimum absolute atomic E-state index is 0.380. The highest BCUT2D eigenvalue weighted by molar-refractivity contribution is 5.30. The van der Waals surface area contributed by atoms with Crippen molar-refractivity contribution in [3.63, 3.8) is 0 Å². The van der Waals surface area contributed by atoms with Crippen molar-refractivity contribution < 1.29 is 5.11 Å².